The zero-order valence-electron chi connectivity index (χ0n) is 13.4. The molecule has 0 aliphatic heterocycles. The molecule has 22 heavy (non-hydrogen) atoms. The van der Waals surface area contributed by atoms with Gasteiger partial charge in [0.15, 0.2) is 0 Å². The minimum absolute atomic E-state index is 0.194. The summed E-state index contributed by atoms with van der Waals surface area (Å²) < 4.78 is 5.32. The number of aryl methyl sites for hydroxylation is 1. The van der Waals surface area contributed by atoms with Crippen LogP contribution in [-0.2, 0) is 16.8 Å². The molecule has 0 spiro atoms. The second-order valence-corrected chi connectivity index (χ2v) is 7.58. The van der Waals surface area contributed by atoms with Crippen LogP contribution in [0.5, 0.6) is 5.75 Å². The molecule has 3 aliphatic rings. The van der Waals surface area contributed by atoms with Crippen LogP contribution in [0.2, 0.25) is 0 Å². The lowest BCUT2D eigenvalue weighted by molar-refractivity contribution is -0.146. The topological polar surface area (TPSA) is 46.5 Å². The van der Waals surface area contributed by atoms with Crippen LogP contribution in [0.1, 0.15) is 50.2 Å². The van der Waals surface area contributed by atoms with E-state index in [0.29, 0.717) is 24.5 Å². The summed E-state index contributed by atoms with van der Waals surface area (Å²) in [6.45, 7) is 2.14. The number of Topliss-reactive ketones (excluding diaryl/α,β-unsaturated/α-hetero) is 1. The molecule has 0 amide bonds. The lowest BCUT2D eigenvalue weighted by Gasteiger charge is -2.53. The van der Waals surface area contributed by atoms with Gasteiger partial charge in [0, 0.05) is 11.8 Å². The highest BCUT2D eigenvalue weighted by Gasteiger charge is 2.59. The molecule has 3 heteroatoms. The van der Waals surface area contributed by atoms with Gasteiger partial charge in [-0.25, -0.2) is 0 Å². The third-order valence-electron chi connectivity index (χ3n) is 6.77. The summed E-state index contributed by atoms with van der Waals surface area (Å²) in [6, 6.07) is 6.06. The summed E-state index contributed by atoms with van der Waals surface area (Å²) in [6.07, 6.45) is 5.12. The predicted octanol–water partition coefficient (Wildman–Crippen LogP) is 3.22. The van der Waals surface area contributed by atoms with Crippen LogP contribution in [0.15, 0.2) is 18.2 Å². The molecule has 0 unspecified atom stereocenters. The number of benzene rings is 1. The van der Waals surface area contributed by atoms with Crippen LogP contribution >= 0.6 is 0 Å². The molecular weight excluding hydrogens is 276 g/mol. The fourth-order valence-corrected chi connectivity index (χ4v) is 5.45. The molecule has 2 fully saturated rings. The van der Waals surface area contributed by atoms with Crippen LogP contribution in [-0.4, -0.2) is 18.0 Å². The molecule has 0 bridgehead atoms. The van der Waals surface area contributed by atoms with Crippen LogP contribution in [0.25, 0.3) is 0 Å². The second kappa shape index (κ2) is 4.58. The predicted molar refractivity (Wildman–Crippen MR) is 83.8 cm³/mol. The van der Waals surface area contributed by atoms with Crippen LogP contribution < -0.4 is 4.74 Å². The minimum Gasteiger partial charge on any atom is -0.497 e. The minimum atomic E-state index is -0.755. The molecule has 2 saturated carbocycles. The third kappa shape index (κ3) is 1.69. The van der Waals surface area contributed by atoms with Crippen LogP contribution in [0, 0.1) is 17.3 Å². The number of carbonyl (C=O) groups is 1. The molecule has 3 nitrogen and oxygen atoms in total. The molecule has 1 aromatic carbocycles. The van der Waals surface area contributed by atoms with E-state index in [1.165, 1.54) is 5.56 Å². The van der Waals surface area contributed by atoms with E-state index in [9.17, 15) is 9.90 Å². The lowest BCUT2D eigenvalue weighted by Crippen LogP contribution is -2.52. The smallest absolute Gasteiger partial charge is 0.139 e. The lowest BCUT2D eigenvalue weighted by atomic mass is 9.53. The zero-order valence-corrected chi connectivity index (χ0v) is 13.4. The largest absolute Gasteiger partial charge is 0.497 e. The Morgan fingerprint density at radius 3 is 2.73 bits per heavy atom. The van der Waals surface area contributed by atoms with E-state index in [4.69, 9.17) is 4.74 Å². The molecule has 1 N–H and O–H groups in total. The molecule has 1 aromatic rings. The standard InChI is InChI=1S/C19H24O3/c1-18-9-10-19(21)14-6-4-13(22-2)11-12(14)3-5-16(19)15(18)7-8-17(18)20/h4,6,11,15-16,21H,3,5,7-10H2,1-2H3/t15-,16+,18-,19-/m0/s1. The van der Waals surface area contributed by atoms with E-state index in [1.54, 1.807) is 7.11 Å². The number of carbonyl (C=O) groups excluding carboxylic acids is 1. The zero-order chi connectivity index (χ0) is 15.5. The van der Waals surface area contributed by atoms with Gasteiger partial charge in [-0.15, -0.1) is 0 Å². The summed E-state index contributed by atoms with van der Waals surface area (Å²) in [5.41, 5.74) is 1.34. The molecular formula is C19H24O3. The normalized spacial score (nSPS) is 39.9. The molecule has 4 atom stereocenters. The van der Waals surface area contributed by atoms with Crippen molar-refractivity contribution in [2.45, 2.75) is 51.0 Å². The van der Waals surface area contributed by atoms with E-state index < -0.39 is 5.60 Å². The average molecular weight is 300 g/mol. The summed E-state index contributed by atoms with van der Waals surface area (Å²) >= 11 is 0. The van der Waals surface area contributed by atoms with Gasteiger partial charge in [0.1, 0.15) is 11.5 Å². The summed E-state index contributed by atoms with van der Waals surface area (Å²) in [5, 5.41) is 11.5. The first-order chi connectivity index (χ1) is 10.5. The number of hydrogen-bond donors (Lipinski definition) is 1. The summed E-state index contributed by atoms with van der Waals surface area (Å²) in [7, 11) is 1.68. The van der Waals surface area contributed by atoms with Gasteiger partial charge in [0.2, 0.25) is 0 Å². The van der Waals surface area contributed by atoms with Crippen molar-refractivity contribution in [2.24, 2.45) is 17.3 Å². The van der Waals surface area contributed by atoms with Gasteiger partial charge in [-0.2, -0.15) is 0 Å². The first kappa shape index (κ1) is 14.3. The highest BCUT2D eigenvalue weighted by Crippen LogP contribution is 2.61. The maximum Gasteiger partial charge on any atom is 0.139 e. The van der Waals surface area contributed by atoms with Crippen molar-refractivity contribution in [3.8, 4) is 5.75 Å². The number of rotatable bonds is 1. The first-order valence-electron chi connectivity index (χ1n) is 8.42. The van der Waals surface area contributed by atoms with E-state index in [1.807, 2.05) is 12.1 Å². The molecule has 118 valence electrons. The van der Waals surface area contributed by atoms with Gasteiger partial charge < -0.3 is 9.84 Å². The van der Waals surface area contributed by atoms with E-state index in [0.717, 1.165) is 37.0 Å². The van der Waals surface area contributed by atoms with Crippen molar-refractivity contribution in [3.05, 3.63) is 29.3 Å². The van der Waals surface area contributed by atoms with E-state index >= 15 is 0 Å². The maximum absolute atomic E-state index is 12.3. The van der Waals surface area contributed by atoms with Gasteiger partial charge in [-0.3, -0.25) is 4.79 Å². The molecule has 4 rings (SSSR count). The van der Waals surface area contributed by atoms with Crippen molar-refractivity contribution >= 4 is 5.78 Å². The van der Waals surface area contributed by atoms with Gasteiger partial charge in [0.25, 0.3) is 0 Å². The van der Waals surface area contributed by atoms with Gasteiger partial charge in [0.05, 0.1) is 12.7 Å². The van der Waals surface area contributed by atoms with E-state index in [-0.39, 0.29) is 11.3 Å². The summed E-state index contributed by atoms with van der Waals surface area (Å²) in [5.74, 6) is 1.84. The van der Waals surface area contributed by atoms with Crippen LogP contribution in [0.4, 0.5) is 0 Å². The Morgan fingerprint density at radius 1 is 1.18 bits per heavy atom. The van der Waals surface area contributed by atoms with Crippen molar-refractivity contribution in [2.75, 3.05) is 7.11 Å². The Balaban J connectivity index is 1.77. The van der Waals surface area contributed by atoms with Crippen molar-refractivity contribution < 1.29 is 14.6 Å². The first-order valence-corrected chi connectivity index (χ1v) is 8.42. The van der Waals surface area contributed by atoms with Gasteiger partial charge >= 0.3 is 0 Å². The van der Waals surface area contributed by atoms with Gasteiger partial charge in [-0.1, -0.05) is 13.0 Å². The highest BCUT2D eigenvalue weighted by molar-refractivity contribution is 5.87. The Kier molecular flexibility index (Phi) is 2.96. The van der Waals surface area contributed by atoms with Gasteiger partial charge in [-0.05, 0) is 67.2 Å². The van der Waals surface area contributed by atoms with Crippen molar-refractivity contribution in [1.82, 2.24) is 0 Å². The molecule has 0 aromatic heterocycles. The van der Waals surface area contributed by atoms with Crippen molar-refractivity contribution in [1.29, 1.82) is 0 Å². The van der Waals surface area contributed by atoms with Crippen LogP contribution in [0.3, 0.4) is 0 Å². The number of aliphatic hydroxyl groups is 1. The summed E-state index contributed by atoms with van der Waals surface area (Å²) in [4.78, 5) is 12.3. The number of hydrogen-bond acceptors (Lipinski definition) is 3. The maximum atomic E-state index is 12.3. The fourth-order valence-electron chi connectivity index (χ4n) is 5.45. The monoisotopic (exact) mass is 300 g/mol. The molecule has 0 radical (unpaired) electrons. The van der Waals surface area contributed by atoms with Crippen molar-refractivity contribution in [3.63, 3.8) is 0 Å². The Morgan fingerprint density at radius 2 is 1.95 bits per heavy atom. The third-order valence-corrected chi connectivity index (χ3v) is 6.77. The Bertz CT molecular complexity index is 638. The number of ether oxygens (including phenoxy) is 1. The average Bonchev–Trinajstić information content (AvgIpc) is 2.82. The number of ketones is 1. The van der Waals surface area contributed by atoms with E-state index in [2.05, 4.69) is 13.0 Å². The number of fused-ring (bicyclic) bond motifs is 5. The highest BCUT2D eigenvalue weighted by atomic mass is 16.5. The molecule has 3 aliphatic carbocycles. The quantitative estimate of drug-likeness (QED) is 0.866. The Hall–Kier alpha value is -1.35. The molecule has 0 saturated heterocycles. The second-order valence-electron chi connectivity index (χ2n) is 7.58. The Labute approximate surface area is 131 Å². The molecule has 0 heterocycles. The number of methoxy groups -OCH3 is 1. The fraction of sp³-hybridized carbons (Fsp3) is 0.632. The SMILES string of the molecule is COc1ccc2c(c1)CC[C@@H]1[C@@H]3CCC(=O)[C@@]3(C)CC[C@]21O.